The van der Waals surface area contributed by atoms with Crippen LogP contribution in [0.2, 0.25) is 0 Å². The van der Waals surface area contributed by atoms with Gasteiger partial charge in [-0.15, -0.1) is 0 Å². The van der Waals surface area contributed by atoms with Crippen LogP contribution in [0.25, 0.3) is 5.69 Å². The Labute approximate surface area is 131 Å². The van der Waals surface area contributed by atoms with Gasteiger partial charge in [-0.05, 0) is 54.6 Å². The molecular weight excluding hydrogens is 328 g/mol. The number of halogens is 1. The van der Waals surface area contributed by atoms with Crippen LogP contribution in [0, 0.1) is 0 Å². The number of benzene rings is 2. The van der Waals surface area contributed by atoms with Crippen molar-refractivity contribution in [3.63, 3.8) is 0 Å². The fourth-order valence-electron chi connectivity index (χ4n) is 2.06. The molecule has 1 heterocycles. The van der Waals surface area contributed by atoms with Gasteiger partial charge in [0.25, 0.3) is 5.91 Å². The largest absolute Gasteiger partial charge is 0.324 e. The van der Waals surface area contributed by atoms with Crippen molar-refractivity contribution in [2.45, 2.75) is 0 Å². The second-order valence-electron chi connectivity index (χ2n) is 4.60. The zero-order valence-electron chi connectivity index (χ0n) is 11.2. The summed E-state index contributed by atoms with van der Waals surface area (Å²) in [6.07, 6.45) is 3.94. The fourth-order valence-corrected chi connectivity index (χ4v) is 2.46. The lowest BCUT2D eigenvalue weighted by atomic mass is 10.2. The molecule has 0 aliphatic carbocycles. The molecule has 2 aromatic carbocycles. The number of hydrogen-bond acceptors (Lipinski definition) is 1. The summed E-state index contributed by atoms with van der Waals surface area (Å²) in [5, 5.41) is 2.88. The minimum absolute atomic E-state index is 0.118. The van der Waals surface area contributed by atoms with Crippen molar-refractivity contribution >= 4 is 27.5 Å². The molecule has 0 radical (unpaired) electrons. The van der Waals surface area contributed by atoms with Gasteiger partial charge >= 0.3 is 0 Å². The molecule has 0 aliphatic heterocycles. The minimum atomic E-state index is -0.118. The lowest BCUT2D eigenvalue weighted by Gasteiger charge is -2.07. The highest BCUT2D eigenvalue weighted by molar-refractivity contribution is 9.10. The number of nitrogens with one attached hydrogen (secondary N) is 1. The maximum atomic E-state index is 12.2. The van der Waals surface area contributed by atoms with Crippen LogP contribution < -0.4 is 5.32 Å². The summed E-state index contributed by atoms with van der Waals surface area (Å²) in [6, 6.07) is 19.0. The Bertz CT molecular complexity index is 749. The average molecular weight is 341 g/mol. The molecule has 104 valence electrons. The van der Waals surface area contributed by atoms with Crippen molar-refractivity contribution in [2.75, 3.05) is 5.32 Å². The first kappa shape index (κ1) is 13.6. The highest BCUT2D eigenvalue weighted by atomic mass is 79.9. The van der Waals surface area contributed by atoms with Crippen molar-refractivity contribution in [3.05, 3.63) is 83.1 Å². The lowest BCUT2D eigenvalue weighted by Crippen LogP contribution is -2.11. The summed E-state index contributed by atoms with van der Waals surface area (Å²) in [6.45, 7) is 0. The van der Waals surface area contributed by atoms with Gasteiger partial charge in [0.2, 0.25) is 0 Å². The molecule has 4 heteroatoms. The van der Waals surface area contributed by atoms with Crippen LogP contribution in [-0.2, 0) is 0 Å². The third-order valence-electron chi connectivity index (χ3n) is 3.11. The van der Waals surface area contributed by atoms with Crippen LogP contribution in [0.15, 0.2) is 77.5 Å². The molecule has 0 aliphatic rings. The van der Waals surface area contributed by atoms with Gasteiger partial charge in [-0.3, -0.25) is 4.79 Å². The predicted octanol–water partition coefficient (Wildman–Crippen LogP) is 4.49. The molecular formula is C17H13BrN2O. The quantitative estimate of drug-likeness (QED) is 0.748. The Morgan fingerprint density at radius 1 is 0.952 bits per heavy atom. The van der Waals surface area contributed by atoms with Crippen LogP contribution in [0.5, 0.6) is 0 Å². The molecule has 0 saturated carbocycles. The summed E-state index contributed by atoms with van der Waals surface area (Å²) >= 11 is 3.39. The SMILES string of the molecule is O=C(Nc1cccc(Br)c1)c1ccc(-n2cccc2)cc1. The van der Waals surface area contributed by atoms with Gasteiger partial charge in [-0.25, -0.2) is 0 Å². The zero-order chi connectivity index (χ0) is 14.7. The van der Waals surface area contributed by atoms with Crippen molar-refractivity contribution in [3.8, 4) is 5.69 Å². The highest BCUT2D eigenvalue weighted by Gasteiger charge is 2.06. The molecule has 1 N–H and O–H groups in total. The molecule has 1 amide bonds. The topological polar surface area (TPSA) is 34.0 Å². The smallest absolute Gasteiger partial charge is 0.255 e. The van der Waals surface area contributed by atoms with E-state index >= 15 is 0 Å². The standard InChI is InChI=1S/C17H13BrN2O/c18-14-4-3-5-15(12-14)19-17(21)13-6-8-16(9-7-13)20-10-1-2-11-20/h1-12H,(H,19,21). The monoisotopic (exact) mass is 340 g/mol. The van der Waals surface area contributed by atoms with E-state index in [4.69, 9.17) is 0 Å². The van der Waals surface area contributed by atoms with Crippen LogP contribution in [0.3, 0.4) is 0 Å². The van der Waals surface area contributed by atoms with E-state index in [9.17, 15) is 4.79 Å². The normalized spacial score (nSPS) is 10.3. The second kappa shape index (κ2) is 5.97. The predicted molar refractivity (Wildman–Crippen MR) is 87.9 cm³/mol. The Morgan fingerprint density at radius 3 is 2.33 bits per heavy atom. The van der Waals surface area contributed by atoms with Gasteiger partial charge in [0.05, 0.1) is 0 Å². The third kappa shape index (κ3) is 3.23. The van der Waals surface area contributed by atoms with Crippen LogP contribution in [-0.4, -0.2) is 10.5 Å². The molecule has 3 rings (SSSR count). The second-order valence-corrected chi connectivity index (χ2v) is 5.52. The van der Waals surface area contributed by atoms with E-state index in [0.717, 1.165) is 15.8 Å². The van der Waals surface area contributed by atoms with Gasteiger partial charge < -0.3 is 9.88 Å². The van der Waals surface area contributed by atoms with Gasteiger partial charge in [0, 0.05) is 33.8 Å². The van der Waals surface area contributed by atoms with Gasteiger partial charge in [0.15, 0.2) is 0 Å². The Balaban J connectivity index is 1.76. The maximum Gasteiger partial charge on any atom is 0.255 e. The van der Waals surface area contributed by atoms with E-state index in [2.05, 4.69) is 21.2 Å². The highest BCUT2D eigenvalue weighted by Crippen LogP contribution is 2.17. The molecule has 0 unspecified atom stereocenters. The first-order valence-corrected chi connectivity index (χ1v) is 7.32. The summed E-state index contributed by atoms with van der Waals surface area (Å²) in [5.74, 6) is -0.118. The average Bonchev–Trinajstić information content (AvgIpc) is 3.01. The molecule has 21 heavy (non-hydrogen) atoms. The van der Waals surface area contributed by atoms with Crippen molar-refractivity contribution in [2.24, 2.45) is 0 Å². The summed E-state index contributed by atoms with van der Waals surface area (Å²) in [4.78, 5) is 12.2. The van der Waals surface area contributed by atoms with Crippen LogP contribution in [0.4, 0.5) is 5.69 Å². The first-order valence-electron chi connectivity index (χ1n) is 6.53. The number of carbonyl (C=O) groups is 1. The first-order chi connectivity index (χ1) is 10.2. The number of carbonyl (C=O) groups excluding carboxylic acids is 1. The minimum Gasteiger partial charge on any atom is -0.324 e. The summed E-state index contributed by atoms with van der Waals surface area (Å²) in [7, 11) is 0. The molecule has 0 fully saturated rings. The number of nitrogens with zero attached hydrogens (tertiary/aromatic N) is 1. The number of anilines is 1. The van der Waals surface area contributed by atoms with E-state index in [0.29, 0.717) is 5.56 Å². The van der Waals surface area contributed by atoms with Crippen molar-refractivity contribution in [1.82, 2.24) is 4.57 Å². The van der Waals surface area contributed by atoms with E-state index < -0.39 is 0 Å². The number of rotatable bonds is 3. The maximum absolute atomic E-state index is 12.2. The zero-order valence-corrected chi connectivity index (χ0v) is 12.7. The van der Waals surface area contributed by atoms with Gasteiger partial charge in [-0.2, -0.15) is 0 Å². The molecule has 0 spiro atoms. The molecule has 0 atom stereocenters. The van der Waals surface area contributed by atoms with Crippen LogP contribution >= 0.6 is 15.9 Å². The van der Waals surface area contributed by atoms with Crippen molar-refractivity contribution in [1.29, 1.82) is 0 Å². The lowest BCUT2D eigenvalue weighted by molar-refractivity contribution is 0.102. The summed E-state index contributed by atoms with van der Waals surface area (Å²) in [5.41, 5.74) is 2.42. The van der Waals surface area contributed by atoms with Gasteiger partial charge in [-0.1, -0.05) is 22.0 Å². The van der Waals surface area contributed by atoms with Crippen LogP contribution in [0.1, 0.15) is 10.4 Å². The number of hydrogen-bond donors (Lipinski definition) is 1. The molecule has 3 nitrogen and oxygen atoms in total. The Kier molecular flexibility index (Phi) is 3.88. The fraction of sp³-hybridized carbons (Fsp3) is 0. The Morgan fingerprint density at radius 2 is 1.67 bits per heavy atom. The van der Waals surface area contributed by atoms with Gasteiger partial charge in [0.1, 0.15) is 0 Å². The van der Waals surface area contributed by atoms with E-state index in [1.807, 2.05) is 77.6 Å². The molecule has 0 saturated heterocycles. The summed E-state index contributed by atoms with van der Waals surface area (Å²) < 4.78 is 2.93. The molecule has 1 aromatic heterocycles. The number of amides is 1. The Hall–Kier alpha value is -2.33. The van der Waals surface area contributed by atoms with E-state index in [-0.39, 0.29) is 5.91 Å². The molecule has 0 bridgehead atoms. The van der Waals surface area contributed by atoms with E-state index in [1.54, 1.807) is 0 Å². The van der Waals surface area contributed by atoms with E-state index in [1.165, 1.54) is 0 Å². The van der Waals surface area contributed by atoms with Crippen molar-refractivity contribution < 1.29 is 4.79 Å². The molecule has 3 aromatic rings. The number of aromatic nitrogens is 1. The third-order valence-corrected chi connectivity index (χ3v) is 3.61.